The van der Waals surface area contributed by atoms with Crippen LogP contribution in [-0.2, 0) is 23.7 Å². The highest BCUT2D eigenvalue weighted by molar-refractivity contribution is 6.33. The molecule has 3 N–H and O–H groups in total. The van der Waals surface area contributed by atoms with E-state index in [1.165, 1.54) is 24.2 Å². The van der Waals surface area contributed by atoms with E-state index in [4.69, 9.17) is 16.3 Å². The van der Waals surface area contributed by atoms with Gasteiger partial charge in [-0.3, -0.25) is 24.4 Å². The largest absolute Gasteiger partial charge is 0.480 e. The minimum atomic E-state index is -3.26. The zero-order chi connectivity index (χ0) is 44.8. The van der Waals surface area contributed by atoms with Crippen LogP contribution in [0.1, 0.15) is 68.0 Å². The SMILES string of the molecule is Cn1nc(C2CCC(=O)NC2=O)c2ccc(C3CCN(CC4CCN(c5ncc(Cl)c(Nc6cc7c8c(c(=O)n(C)c7cc6F)OCC(F)(F)C(C6CC6)N8)n5)CC4(F)F)CC3)cc21. The molecule has 0 spiro atoms. The van der Waals surface area contributed by atoms with E-state index in [-0.39, 0.29) is 94.4 Å². The van der Waals surface area contributed by atoms with Gasteiger partial charge in [-0.2, -0.15) is 10.1 Å². The number of likely N-dealkylation sites (tertiary alicyclic amines) is 1. The molecule has 20 heteroatoms. The van der Waals surface area contributed by atoms with Crippen molar-refractivity contribution >= 4 is 68.4 Å². The number of ether oxygens (including phenoxy) is 1. The molecule has 64 heavy (non-hydrogen) atoms. The molecule has 3 unspecified atom stereocenters. The van der Waals surface area contributed by atoms with Crippen molar-refractivity contribution in [2.45, 2.75) is 74.7 Å². The fourth-order valence-electron chi connectivity index (χ4n) is 9.95. The number of alkyl halides is 4. The second-order valence-electron chi connectivity index (χ2n) is 18.0. The first kappa shape index (κ1) is 42.4. The molecular formula is C44H46ClF5N10O4. The number of hydrogen-bond donors (Lipinski definition) is 3. The molecule has 3 aromatic heterocycles. The van der Waals surface area contributed by atoms with Gasteiger partial charge in [0.25, 0.3) is 11.5 Å². The molecule has 0 radical (unpaired) electrons. The molecule has 5 aromatic rings. The minimum Gasteiger partial charge on any atom is -0.480 e. The lowest BCUT2D eigenvalue weighted by molar-refractivity contribution is -0.134. The van der Waals surface area contributed by atoms with Gasteiger partial charge in [0.2, 0.25) is 23.5 Å². The number of imide groups is 1. The average molecular weight is 909 g/mol. The van der Waals surface area contributed by atoms with Crippen molar-refractivity contribution in [3.8, 4) is 5.75 Å². The van der Waals surface area contributed by atoms with Crippen molar-refractivity contribution in [2.24, 2.45) is 25.9 Å². The lowest BCUT2D eigenvalue weighted by Gasteiger charge is -2.41. The lowest BCUT2D eigenvalue weighted by Crippen LogP contribution is -2.53. The van der Waals surface area contributed by atoms with Crippen molar-refractivity contribution in [1.29, 1.82) is 0 Å². The van der Waals surface area contributed by atoms with Crippen LogP contribution in [0.3, 0.4) is 0 Å². The predicted molar refractivity (Wildman–Crippen MR) is 230 cm³/mol. The highest BCUT2D eigenvalue weighted by Gasteiger charge is 2.51. The molecule has 338 valence electrons. The first-order valence-electron chi connectivity index (χ1n) is 21.6. The number of carbonyl (C=O) groups excluding carboxylic acids is 2. The van der Waals surface area contributed by atoms with Crippen LogP contribution in [0.2, 0.25) is 5.02 Å². The maximum Gasteiger partial charge on any atom is 0.301 e. The summed E-state index contributed by atoms with van der Waals surface area (Å²) in [4.78, 5) is 49.7. The van der Waals surface area contributed by atoms with E-state index < -0.39 is 54.3 Å². The van der Waals surface area contributed by atoms with E-state index in [1.807, 2.05) is 13.1 Å². The molecule has 1 aliphatic carbocycles. The van der Waals surface area contributed by atoms with Crippen LogP contribution in [0.5, 0.6) is 5.75 Å². The Morgan fingerprint density at radius 3 is 2.45 bits per heavy atom. The summed E-state index contributed by atoms with van der Waals surface area (Å²) in [5, 5.41) is 13.9. The molecule has 2 aromatic carbocycles. The first-order chi connectivity index (χ1) is 30.5. The molecule has 4 fully saturated rings. The van der Waals surface area contributed by atoms with Crippen LogP contribution in [0.4, 0.5) is 45.1 Å². The molecular weight excluding hydrogens is 863 g/mol. The Morgan fingerprint density at radius 1 is 0.938 bits per heavy atom. The number of rotatable bonds is 8. The van der Waals surface area contributed by atoms with Gasteiger partial charge in [-0.05, 0) is 81.1 Å². The number of nitrogens with zero attached hydrogens (tertiary/aromatic N) is 7. The highest BCUT2D eigenvalue weighted by Crippen LogP contribution is 2.46. The molecule has 3 atom stereocenters. The quantitative estimate of drug-likeness (QED) is 0.111. The monoisotopic (exact) mass is 908 g/mol. The van der Waals surface area contributed by atoms with Gasteiger partial charge in [-0.15, -0.1) is 0 Å². The summed E-state index contributed by atoms with van der Waals surface area (Å²) in [7, 11) is 3.23. The van der Waals surface area contributed by atoms with Crippen LogP contribution in [0, 0.1) is 17.7 Å². The van der Waals surface area contributed by atoms with Crippen molar-refractivity contribution in [3.05, 3.63) is 69.0 Å². The van der Waals surface area contributed by atoms with Gasteiger partial charge in [0.15, 0.2) is 12.4 Å². The number of hydrogen-bond acceptors (Lipinski definition) is 11. The topological polar surface area (TPSA) is 152 Å². The molecule has 1 saturated carbocycles. The number of aromatic nitrogens is 5. The summed E-state index contributed by atoms with van der Waals surface area (Å²) in [6, 6.07) is 7.31. The van der Waals surface area contributed by atoms with Gasteiger partial charge >= 0.3 is 5.92 Å². The number of aryl methyl sites for hydroxylation is 2. The number of nitrogens with one attached hydrogen (secondary N) is 3. The summed E-state index contributed by atoms with van der Waals surface area (Å²) in [5.74, 6) is -9.62. The van der Waals surface area contributed by atoms with Crippen LogP contribution < -0.4 is 31.1 Å². The van der Waals surface area contributed by atoms with E-state index in [0.717, 1.165) is 39.9 Å². The predicted octanol–water partition coefficient (Wildman–Crippen LogP) is 6.83. The summed E-state index contributed by atoms with van der Waals surface area (Å²) in [5.41, 5.74) is 2.01. The Hall–Kier alpha value is -5.56. The number of pyridine rings is 1. The van der Waals surface area contributed by atoms with Gasteiger partial charge in [0.05, 0.1) is 52.8 Å². The number of halogens is 6. The summed E-state index contributed by atoms with van der Waals surface area (Å²) < 4.78 is 86.4. The number of anilines is 4. The van der Waals surface area contributed by atoms with Crippen LogP contribution >= 0.6 is 11.6 Å². The first-order valence-corrected chi connectivity index (χ1v) is 22.0. The molecule has 5 aliphatic rings. The van der Waals surface area contributed by atoms with Gasteiger partial charge in [0, 0.05) is 56.4 Å². The minimum absolute atomic E-state index is 0.0142. The zero-order valence-electron chi connectivity index (χ0n) is 35.1. The average Bonchev–Trinajstić information content (AvgIpc) is 4.06. The fraction of sp³-hybridized carbons (Fsp3) is 0.500. The number of fused-ring (bicyclic) bond motifs is 4. The fourth-order valence-corrected chi connectivity index (χ4v) is 10.1. The van der Waals surface area contributed by atoms with E-state index in [2.05, 4.69) is 48.0 Å². The molecule has 7 heterocycles. The lowest BCUT2D eigenvalue weighted by atomic mass is 9.86. The van der Waals surface area contributed by atoms with Crippen molar-refractivity contribution in [2.75, 3.05) is 54.9 Å². The summed E-state index contributed by atoms with van der Waals surface area (Å²) >= 11 is 6.47. The van der Waals surface area contributed by atoms with E-state index in [9.17, 15) is 14.4 Å². The Morgan fingerprint density at radius 2 is 1.72 bits per heavy atom. The van der Waals surface area contributed by atoms with Gasteiger partial charge in [0.1, 0.15) is 10.8 Å². The maximum absolute atomic E-state index is 16.0. The summed E-state index contributed by atoms with van der Waals surface area (Å²) in [6.07, 6.45) is 4.88. The molecule has 4 aliphatic heterocycles. The number of benzene rings is 2. The Labute approximate surface area is 368 Å². The Kier molecular flexibility index (Phi) is 10.5. The molecule has 10 rings (SSSR count). The van der Waals surface area contributed by atoms with Gasteiger partial charge in [-0.1, -0.05) is 23.7 Å². The van der Waals surface area contributed by atoms with Crippen LogP contribution in [0.25, 0.3) is 21.8 Å². The third-order valence-corrected chi connectivity index (χ3v) is 14.0. The van der Waals surface area contributed by atoms with Crippen LogP contribution in [0.15, 0.2) is 41.3 Å². The van der Waals surface area contributed by atoms with E-state index >= 15 is 22.0 Å². The third-order valence-electron chi connectivity index (χ3n) is 13.7. The number of amides is 2. The second-order valence-corrected chi connectivity index (χ2v) is 18.4. The summed E-state index contributed by atoms with van der Waals surface area (Å²) in [6.45, 7) is 0.161. The Bertz CT molecular complexity index is 2770. The zero-order valence-corrected chi connectivity index (χ0v) is 35.8. The van der Waals surface area contributed by atoms with Gasteiger partial charge in [-0.25, -0.2) is 26.9 Å². The molecule has 0 bridgehead atoms. The highest BCUT2D eigenvalue weighted by atomic mass is 35.5. The van der Waals surface area contributed by atoms with Crippen molar-refractivity contribution in [1.82, 2.24) is 34.5 Å². The maximum atomic E-state index is 16.0. The third kappa shape index (κ3) is 7.66. The van der Waals surface area contributed by atoms with Crippen molar-refractivity contribution in [3.63, 3.8) is 0 Å². The van der Waals surface area contributed by atoms with Crippen molar-refractivity contribution < 1.29 is 36.3 Å². The number of carbonyl (C=O) groups is 2. The molecule has 14 nitrogen and oxygen atoms in total. The number of piperidine rings is 3. The van der Waals surface area contributed by atoms with E-state index in [0.29, 0.717) is 38.0 Å². The standard InChI is InChI=1S/C44H46ClF5N10O4/c1-57-32-17-30(46)31(16-28(32)36-37(41(57)63)64-21-44(49,50)38(54-36)23-3-4-23)52-39-29(45)18-51-42(55-39)60-14-11-25(43(47,48)20-60)19-59-12-9-22(10-13-59)24-5-6-26-33(15-24)58(2)56-35(26)27-7-8-34(61)53-40(27)62/h5-6,15-18,22-23,25,27,38,54H,3-4,7-14,19-21H2,1-2H3,(H,51,52,55)(H,53,61,62). The van der Waals surface area contributed by atoms with E-state index in [1.54, 1.807) is 4.68 Å². The molecule has 2 amide bonds. The van der Waals surface area contributed by atoms with Gasteiger partial charge < -0.3 is 29.7 Å². The molecule has 3 saturated heterocycles. The second kappa shape index (κ2) is 15.9. The van der Waals surface area contributed by atoms with Crippen LogP contribution in [-0.4, -0.2) is 98.2 Å². The Balaban J connectivity index is 0.802. The normalized spacial score (nSPS) is 23.9. The smallest absolute Gasteiger partial charge is 0.301 e.